The molecule has 0 heterocycles. The van der Waals surface area contributed by atoms with Crippen LogP contribution in [0.25, 0.3) is 0 Å². The molecule has 0 saturated carbocycles. The van der Waals surface area contributed by atoms with Gasteiger partial charge in [0.25, 0.3) is 0 Å². The van der Waals surface area contributed by atoms with E-state index in [1.165, 1.54) is 0 Å². The first-order valence-corrected chi connectivity index (χ1v) is 14.5. The summed E-state index contributed by atoms with van der Waals surface area (Å²) in [5.41, 5.74) is 4.94. The summed E-state index contributed by atoms with van der Waals surface area (Å²) in [6.45, 7) is 3.06. The highest BCUT2D eigenvalue weighted by molar-refractivity contribution is 5.81. The van der Waals surface area contributed by atoms with Crippen LogP contribution in [0.5, 0.6) is 17.2 Å². The summed E-state index contributed by atoms with van der Waals surface area (Å²) in [6, 6.07) is 43.7. The zero-order valence-corrected chi connectivity index (χ0v) is 24.5. The second-order valence-electron chi connectivity index (χ2n) is 10.2. The molecule has 0 aromatic heterocycles. The molecule has 43 heavy (non-hydrogen) atoms. The molecule has 0 bridgehead atoms. The molecular formula is C38H36O5. The first kappa shape index (κ1) is 29.5. The average molecular weight is 573 g/mol. The maximum absolute atomic E-state index is 13.7. The summed E-state index contributed by atoms with van der Waals surface area (Å²) < 4.78 is 23.3. The highest BCUT2D eigenvalue weighted by Crippen LogP contribution is 2.41. The molecule has 5 aromatic carbocycles. The van der Waals surface area contributed by atoms with E-state index in [1.807, 2.05) is 140 Å². The molecule has 0 aliphatic heterocycles. The Morgan fingerprint density at radius 3 is 1.56 bits per heavy atom. The lowest BCUT2D eigenvalue weighted by atomic mass is 9.77. The zero-order chi connectivity index (χ0) is 29.9. The maximum Gasteiger partial charge on any atom is 0.314 e. The van der Waals surface area contributed by atoms with Crippen molar-refractivity contribution in [1.29, 1.82) is 0 Å². The zero-order valence-electron chi connectivity index (χ0n) is 24.5. The van der Waals surface area contributed by atoms with Gasteiger partial charge in [0, 0.05) is 5.92 Å². The van der Waals surface area contributed by atoms with Crippen molar-refractivity contribution in [3.63, 3.8) is 0 Å². The van der Waals surface area contributed by atoms with E-state index in [4.69, 9.17) is 18.9 Å². The molecule has 0 radical (unpaired) electrons. The number of hydrogen-bond donors (Lipinski definition) is 0. The lowest BCUT2D eigenvalue weighted by Gasteiger charge is -2.28. The number of ether oxygens (including phenoxy) is 4. The summed E-state index contributed by atoms with van der Waals surface area (Å²) in [6.07, 6.45) is 0. The Morgan fingerprint density at radius 2 is 1.09 bits per heavy atom. The molecule has 0 amide bonds. The number of carbonyl (C=O) groups excluding carboxylic acids is 1. The number of carbonyl (C=O) groups is 1. The largest absolute Gasteiger partial charge is 0.497 e. The molecule has 0 spiro atoms. The van der Waals surface area contributed by atoms with Gasteiger partial charge in [0.2, 0.25) is 0 Å². The highest BCUT2D eigenvalue weighted by atomic mass is 16.5. The number of benzene rings is 5. The fraction of sp³-hybridized carbons (Fsp3) is 0.184. The van der Waals surface area contributed by atoms with Crippen LogP contribution in [0.15, 0.2) is 133 Å². The van der Waals surface area contributed by atoms with Gasteiger partial charge in [0.15, 0.2) is 0 Å². The summed E-state index contributed by atoms with van der Waals surface area (Å²) in [5.74, 6) is 0.948. The van der Waals surface area contributed by atoms with Gasteiger partial charge in [-0.25, -0.2) is 0 Å². The standard InChI is InChI=1S/C38H36O5/c1-3-41-38(39)37(32-15-10-16-35(25-32)40-2)36(30-17-21-33(22-18-30)42-26-28-11-6-4-7-12-28)31-19-23-34(24-20-31)43-27-29-13-8-5-9-14-29/h4-25,36-37H,3,26-27H2,1-2H3. The van der Waals surface area contributed by atoms with Crippen LogP contribution < -0.4 is 14.2 Å². The van der Waals surface area contributed by atoms with E-state index in [1.54, 1.807) is 7.11 Å². The molecule has 0 fully saturated rings. The lowest BCUT2D eigenvalue weighted by Crippen LogP contribution is -2.24. The van der Waals surface area contributed by atoms with Crippen molar-refractivity contribution in [2.75, 3.05) is 13.7 Å². The van der Waals surface area contributed by atoms with Crippen LogP contribution in [0.1, 0.15) is 46.6 Å². The monoisotopic (exact) mass is 572 g/mol. The lowest BCUT2D eigenvalue weighted by molar-refractivity contribution is -0.145. The molecule has 0 N–H and O–H groups in total. The number of methoxy groups -OCH3 is 1. The van der Waals surface area contributed by atoms with Crippen LogP contribution in [-0.2, 0) is 22.7 Å². The van der Waals surface area contributed by atoms with E-state index >= 15 is 0 Å². The molecule has 1 atom stereocenters. The summed E-state index contributed by atoms with van der Waals surface area (Å²) >= 11 is 0. The summed E-state index contributed by atoms with van der Waals surface area (Å²) in [4.78, 5) is 13.7. The third-order valence-electron chi connectivity index (χ3n) is 7.30. The Labute approximate surface area is 253 Å². The molecular weight excluding hydrogens is 536 g/mol. The van der Waals surface area contributed by atoms with Crippen molar-refractivity contribution < 1.29 is 23.7 Å². The molecule has 0 saturated heterocycles. The minimum Gasteiger partial charge on any atom is -0.497 e. The quantitative estimate of drug-likeness (QED) is 0.133. The van der Waals surface area contributed by atoms with Crippen LogP contribution in [0.4, 0.5) is 0 Å². The highest BCUT2D eigenvalue weighted by Gasteiger charge is 2.34. The van der Waals surface area contributed by atoms with Crippen LogP contribution in [0.2, 0.25) is 0 Å². The number of esters is 1. The SMILES string of the molecule is CCOC(=O)C(c1cccc(OC)c1)C(c1ccc(OCc2ccccc2)cc1)c1ccc(OCc2ccccc2)cc1. The van der Waals surface area contributed by atoms with Crippen molar-refractivity contribution in [1.82, 2.24) is 0 Å². The summed E-state index contributed by atoms with van der Waals surface area (Å²) in [5, 5.41) is 0. The molecule has 0 aliphatic carbocycles. The van der Waals surface area contributed by atoms with Gasteiger partial charge in [-0.05, 0) is 71.1 Å². The summed E-state index contributed by atoms with van der Waals surface area (Å²) in [7, 11) is 1.62. The van der Waals surface area contributed by atoms with Gasteiger partial charge in [-0.15, -0.1) is 0 Å². The Hall–Kier alpha value is -5.03. The van der Waals surface area contributed by atoms with E-state index in [0.29, 0.717) is 19.0 Å². The van der Waals surface area contributed by atoms with E-state index in [9.17, 15) is 4.79 Å². The second kappa shape index (κ2) is 14.7. The fourth-order valence-electron chi connectivity index (χ4n) is 5.13. The molecule has 5 heteroatoms. The van der Waals surface area contributed by atoms with E-state index in [-0.39, 0.29) is 18.5 Å². The second-order valence-corrected chi connectivity index (χ2v) is 10.2. The minimum absolute atomic E-state index is 0.282. The molecule has 218 valence electrons. The Morgan fingerprint density at radius 1 is 0.581 bits per heavy atom. The topological polar surface area (TPSA) is 54.0 Å². The van der Waals surface area contributed by atoms with E-state index in [2.05, 4.69) is 0 Å². The van der Waals surface area contributed by atoms with Crippen LogP contribution in [-0.4, -0.2) is 19.7 Å². The van der Waals surface area contributed by atoms with Gasteiger partial charge in [-0.3, -0.25) is 4.79 Å². The van der Waals surface area contributed by atoms with Crippen molar-refractivity contribution >= 4 is 5.97 Å². The van der Waals surface area contributed by atoms with Gasteiger partial charge in [0.05, 0.1) is 19.6 Å². The Kier molecular flexibility index (Phi) is 10.1. The van der Waals surface area contributed by atoms with Gasteiger partial charge in [-0.2, -0.15) is 0 Å². The normalized spacial score (nSPS) is 11.5. The van der Waals surface area contributed by atoms with Crippen LogP contribution in [0, 0.1) is 0 Å². The smallest absolute Gasteiger partial charge is 0.314 e. The van der Waals surface area contributed by atoms with Gasteiger partial charge < -0.3 is 18.9 Å². The third kappa shape index (κ3) is 7.83. The molecule has 5 nitrogen and oxygen atoms in total. The molecule has 5 aromatic rings. The Bertz CT molecular complexity index is 1480. The minimum atomic E-state index is -0.609. The van der Waals surface area contributed by atoms with E-state index in [0.717, 1.165) is 39.3 Å². The first-order chi connectivity index (χ1) is 21.1. The van der Waals surface area contributed by atoms with Crippen molar-refractivity contribution in [2.24, 2.45) is 0 Å². The van der Waals surface area contributed by atoms with Gasteiger partial charge >= 0.3 is 5.97 Å². The van der Waals surface area contributed by atoms with Crippen molar-refractivity contribution in [2.45, 2.75) is 32.0 Å². The molecule has 0 aliphatic rings. The van der Waals surface area contributed by atoms with Gasteiger partial charge in [-0.1, -0.05) is 97.1 Å². The van der Waals surface area contributed by atoms with E-state index < -0.39 is 5.92 Å². The fourth-order valence-corrected chi connectivity index (χ4v) is 5.13. The van der Waals surface area contributed by atoms with Crippen molar-refractivity contribution in [3.05, 3.63) is 161 Å². The molecule has 5 rings (SSSR count). The number of hydrogen-bond acceptors (Lipinski definition) is 5. The van der Waals surface area contributed by atoms with Crippen LogP contribution >= 0.6 is 0 Å². The number of rotatable bonds is 13. The van der Waals surface area contributed by atoms with Gasteiger partial charge in [0.1, 0.15) is 30.5 Å². The average Bonchev–Trinajstić information content (AvgIpc) is 3.07. The predicted molar refractivity (Wildman–Crippen MR) is 169 cm³/mol. The third-order valence-corrected chi connectivity index (χ3v) is 7.30. The first-order valence-electron chi connectivity index (χ1n) is 14.5. The van der Waals surface area contributed by atoms with Crippen LogP contribution in [0.3, 0.4) is 0 Å². The maximum atomic E-state index is 13.7. The van der Waals surface area contributed by atoms with Crippen molar-refractivity contribution in [3.8, 4) is 17.2 Å². The predicted octanol–water partition coefficient (Wildman–Crippen LogP) is 8.33. The molecule has 1 unspecified atom stereocenters. The Balaban J connectivity index is 1.47.